The average molecular weight is 320 g/mol. The van der Waals surface area contributed by atoms with Gasteiger partial charge in [-0.25, -0.2) is 0 Å². The molecule has 0 spiro atoms. The quantitative estimate of drug-likeness (QED) is 0.880. The van der Waals surface area contributed by atoms with Gasteiger partial charge in [0.15, 0.2) is 11.5 Å². The fraction of sp³-hybridized carbons (Fsp3) is 0.294. The summed E-state index contributed by atoms with van der Waals surface area (Å²) in [7, 11) is 0. The summed E-state index contributed by atoms with van der Waals surface area (Å²) in [4.78, 5) is 0. The van der Waals surface area contributed by atoms with Crippen molar-refractivity contribution in [3.63, 3.8) is 0 Å². The third kappa shape index (κ3) is 3.46. The first-order valence-corrected chi connectivity index (χ1v) is 7.64. The third-order valence-electron chi connectivity index (χ3n) is 3.40. The number of nitrogens with one attached hydrogen (secondary N) is 1. The van der Waals surface area contributed by atoms with Crippen LogP contribution in [0.25, 0.3) is 0 Å². The monoisotopic (exact) mass is 319 g/mol. The molecule has 0 bridgehead atoms. The van der Waals surface area contributed by atoms with Crippen molar-refractivity contribution in [2.24, 2.45) is 0 Å². The molecule has 22 heavy (non-hydrogen) atoms. The van der Waals surface area contributed by atoms with E-state index in [0.29, 0.717) is 25.0 Å². The van der Waals surface area contributed by atoms with Gasteiger partial charge in [-0.3, -0.25) is 0 Å². The average Bonchev–Trinajstić information content (AvgIpc) is 2.98. The van der Waals surface area contributed by atoms with Crippen molar-refractivity contribution in [3.8, 4) is 17.2 Å². The second-order valence-electron chi connectivity index (χ2n) is 4.98. The van der Waals surface area contributed by atoms with Gasteiger partial charge in [0.25, 0.3) is 0 Å². The van der Waals surface area contributed by atoms with Crippen LogP contribution in [-0.4, -0.2) is 13.4 Å². The number of halogens is 1. The molecule has 0 radical (unpaired) electrons. The highest BCUT2D eigenvalue weighted by molar-refractivity contribution is 6.30. The lowest BCUT2D eigenvalue weighted by molar-refractivity contribution is 0.174. The van der Waals surface area contributed by atoms with Crippen LogP contribution in [0.2, 0.25) is 5.02 Å². The first-order valence-electron chi connectivity index (χ1n) is 7.26. The summed E-state index contributed by atoms with van der Waals surface area (Å²) in [5, 5.41) is 4.11. The predicted molar refractivity (Wildman–Crippen MR) is 85.7 cm³/mol. The Morgan fingerprint density at radius 3 is 2.82 bits per heavy atom. The van der Waals surface area contributed by atoms with Gasteiger partial charge in [0.1, 0.15) is 5.75 Å². The normalized spacial score (nSPS) is 12.5. The van der Waals surface area contributed by atoms with Gasteiger partial charge in [-0.15, -0.1) is 0 Å². The molecule has 0 amide bonds. The molecule has 116 valence electrons. The van der Waals surface area contributed by atoms with Crippen LogP contribution in [0.5, 0.6) is 17.2 Å². The van der Waals surface area contributed by atoms with Crippen LogP contribution in [0.3, 0.4) is 0 Å². The Morgan fingerprint density at radius 2 is 1.95 bits per heavy atom. The number of benzene rings is 2. The van der Waals surface area contributed by atoms with E-state index in [1.54, 1.807) is 0 Å². The SMILES string of the molecule is CCOc1ccc(Cl)cc1CNCc1ccc2c(c1)OCO2. The molecule has 4 nitrogen and oxygen atoms in total. The van der Waals surface area contributed by atoms with Crippen LogP contribution in [0, 0.1) is 0 Å². The largest absolute Gasteiger partial charge is 0.494 e. The summed E-state index contributed by atoms with van der Waals surface area (Å²) >= 11 is 6.06. The van der Waals surface area contributed by atoms with E-state index in [9.17, 15) is 0 Å². The molecule has 3 rings (SSSR count). The molecule has 0 aliphatic carbocycles. The first kappa shape index (κ1) is 15.0. The zero-order chi connectivity index (χ0) is 15.4. The van der Waals surface area contributed by atoms with Gasteiger partial charge in [-0.05, 0) is 42.8 Å². The Labute approximate surface area is 135 Å². The van der Waals surface area contributed by atoms with E-state index < -0.39 is 0 Å². The lowest BCUT2D eigenvalue weighted by Crippen LogP contribution is -2.13. The summed E-state index contributed by atoms with van der Waals surface area (Å²) in [6.07, 6.45) is 0. The van der Waals surface area contributed by atoms with Crippen LogP contribution < -0.4 is 19.5 Å². The topological polar surface area (TPSA) is 39.7 Å². The highest BCUT2D eigenvalue weighted by Crippen LogP contribution is 2.32. The van der Waals surface area contributed by atoms with E-state index in [2.05, 4.69) is 5.32 Å². The molecule has 5 heteroatoms. The Bertz CT molecular complexity index is 660. The fourth-order valence-corrected chi connectivity index (χ4v) is 2.57. The minimum Gasteiger partial charge on any atom is -0.494 e. The molecule has 1 aliphatic heterocycles. The summed E-state index contributed by atoms with van der Waals surface area (Å²) < 4.78 is 16.3. The summed E-state index contributed by atoms with van der Waals surface area (Å²) in [5.74, 6) is 2.47. The standard InChI is InChI=1S/C17H18ClNO3/c1-2-20-15-6-4-14(18)8-13(15)10-19-9-12-3-5-16-17(7-12)22-11-21-16/h3-8,19H,2,9-11H2,1H3. The lowest BCUT2D eigenvalue weighted by atomic mass is 10.1. The zero-order valence-corrected chi connectivity index (χ0v) is 13.2. The van der Waals surface area contributed by atoms with Crippen molar-refractivity contribution < 1.29 is 14.2 Å². The maximum atomic E-state index is 6.06. The van der Waals surface area contributed by atoms with Gasteiger partial charge < -0.3 is 19.5 Å². The lowest BCUT2D eigenvalue weighted by Gasteiger charge is -2.12. The third-order valence-corrected chi connectivity index (χ3v) is 3.64. The molecule has 0 atom stereocenters. The minimum absolute atomic E-state index is 0.298. The van der Waals surface area contributed by atoms with Gasteiger partial charge in [0.2, 0.25) is 6.79 Å². The number of hydrogen-bond donors (Lipinski definition) is 1. The highest BCUT2D eigenvalue weighted by atomic mass is 35.5. The van der Waals surface area contributed by atoms with Crippen LogP contribution in [-0.2, 0) is 13.1 Å². The number of hydrogen-bond acceptors (Lipinski definition) is 4. The molecule has 0 unspecified atom stereocenters. The Hall–Kier alpha value is -1.91. The summed E-state index contributed by atoms with van der Waals surface area (Å²) in [6.45, 7) is 4.32. The molecule has 0 fully saturated rings. The zero-order valence-electron chi connectivity index (χ0n) is 12.4. The van der Waals surface area contributed by atoms with Crippen molar-refractivity contribution in [3.05, 3.63) is 52.5 Å². The van der Waals surface area contributed by atoms with Crippen LogP contribution >= 0.6 is 11.6 Å². The predicted octanol–water partition coefficient (Wildman–Crippen LogP) is 3.76. The highest BCUT2D eigenvalue weighted by Gasteiger charge is 2.13. The number of ether oxygens (including phenoxy) is 3. The maximum Gasteiger partial charge on any atom is 0.231 e. The molecular weight excluding hydrogens is 302 g/mol. The van der Waals surface area contributed by atoms with Gasteiger partial charge in [0, 0.05) is 23.7 Å². The minimum atomic E-state index is 0.298. The van der Waals surface area contributed by atoms with E-state index in [1.165, 1.54) is 0 Å². The second-order valence-corrected chi connectivity index (χ2v) is 5.41. The van der Waals surface area contributed by atoms with Crippen LogP contribution in [0.4, 0.5) is 0 Å². The van der Waals surface area contributed by atoms with E-state index in [4.69, 9.17) is 25.8 Å². The molecular formula is C17H18ClNO3. The maximum absolute atomic E-state index is 6.06. The van der Waals surface area contributed by atoms with Crippen molar-refractivity contribution in [1.82, 2.24) is 5.32 Å². The Balaban J connectivity index is 1.62. The fourth-order valence-electron chi connectivity index (χ4n) is 2.37. The second kappa shape index (κ2) is 6.90. The van der Waals surface area contributed by atoms with Crippen molar-refractivity contribution in [2.75, 3.05) is 13.4 Å². The van der Waals surface area contributed by atoms with E-state index in [-0.39, 0.29) is 0 Å². The van der Waals surface area contributed by atoms with Crippen LogP contribution in [0.1, 0.15) is 18.1 Å². The van der Waals surface area contributed by atoms with E-state index >= 15 is 0 Å². The van der Waals surface area contributed by atoms with E-state index in [1.807, 2.05) is 43.3 Å². The Kier molecular flexibility index (Phi) is 4.71. The molecule has 2 aromatic carbocycles. The Morgan fingerprint density at radius 1 is 1.09 bits per heavy atom. The van der Waals surface area contributed by atoms with Crippen molar-refractivity contribution >= 4 is 11.6 Å². The molecule has 1 N–H and O–H groups in total. The van der Waals surface area contributed by atoms with E-state index in [0.717, 1.165) is 34.9 Å². The van der Waals surface area contributed by atoms with Gasteiger partial charge >= 0.3 is 0 Å². The number of rotatable bonds is 6. The number of fused-ring (bicyclic) bond motifs is 1. The molecule has 1 heterocycles. The van der Waals surface area contributed by atoms with Crippen molar-refractivity contribution in [1.29, 1.82) is 0 Å². The van der Waals surface area contributed by atoms with Gasteiger partial charge in [0.05, 0.1) is 6.61 Å². The summed E-state index contributed by atoms with van der Waals surface area (Å²) in [5.41, 5.74) is 2.19. The molecule has 0 saturated carbocycles. The van der Waals surface area contributed by atoms with Crippen molar-refractivity contribution in [2.45, 2.75) is 20.0 Å². The van der Waals surface area contributed by atoms with Gasteiger partial charge in [-0.2, -0.15) is 0 Å². The molecule has 1 aliphatic rings. The molecule has 0 aromatic heterocycles. The molecule has 2 aromatic rings. The van der Waals surface area contributed by atoms with Crippen LogP contribution in [0.15, 0.2) is 36.4 Å². The van der Waals surface area contributed by atoms with Gasteiger partial charge in [-0.1, -0.05) is 17.7 Å². The smallest absolute Gasteiger partial charge is 0.231 e. The first-order chi connectivity index (χ1) is 10.8. The summed E-state index contributed by atoms with van der Waals surface area (Å²) in [6, 6.07) is 11.6. The molecule has 0 saturated heterocycles.